The molecule has 23 heavy (non-hydrogen) atoms. The number of carboxylic acids is 1. The third-order valence-electron chi connectivity index (χ3n) is 3.50. The Kier molecular flexibility index (Phi) is 3.29. The van der Waals surface area contributed by atoms with E-state index in [1.807, 2.05) is 0 Å². The molecule has 0 unspecified atom stereocenters. The molecular weight excluding hydrogens is 300 g/mol. The fraction of sp³-hybridized carbons (Fsp3) is 0.133. The number of carboxylic acid groups (broad SMARTS) is 1. The predicted molar refractivity (Wildman–Crippen MR) is 85.9 cm³/mol. The van der Waals surface area contributed by atoms with Crippen molar-refractivity contribution in [1.82, 2.24) is 9.97 Å². The summed E-state index contributed by atoms with van der Waals surface area (Å²) in [4.78, 5) is 20.1. The standard InChI is InChI=1S/C15H14N4O4/c1-22-10-4-6(15(20)21)3-8-12(10)18-9-5-7(16)11(17)14(23-2)13(9)19-8/h3-5H,16-17H2,1-2H3,(H,20,21). The van der Waals surface area contributed by atoms with Crippen LogP contribution in [0.25, 0.3) is 22.1 Å². The smallest absolute Gasteiger partial charge is 0.335 e. The number of aromatic carboxylic acids is 1. The molecule has 5 N–H and O–H groups in total. The lowest BCUT2D eigenvalue weighted by Crippen LogP contribution is -2.03. The average molecular weight is 314 g/mol. The maximum absolute atomic E-state index is 11.2. The first-order valence-corrected chi connectivity index (χ1v) is 6.61. The van der Waals surface area contributed by atoms with Gasteiger partial charge < -0.3 is 26.0 Å². The summed E-state index contributed by atoms with van der Waals surface area (Å²) in [6.07, 6.45) is 0. The van der Waals surface area contributed by atoms with Gasteiger partial charge in [-0.3, -0.25) is 0 Å². The molecule has 2 aromatic carbocycles. The predicted octanol–water partition coefficient (Wildman–Crippen LogP) is 1.66. The van der Waals surface area contributed by atoms with Crippen molar-refractivity contribution < 1.29 is 19.4 Å². The van der Waals surface area contributed by atoms with E-state index in [-0.39, 0.29) is 11.3 Å². The van der Waals surface area contributed by atoms with Crippen molar-refractivity contribution >= 4 is 39.4 Å². The topological polar surface area (TPSA) is 134 Å². The lowest BCUT2D eigenvalue weighted by Gasteiger charge is -2.12. The molecule has 0 saturated carbocycles. The summed E-state index contributed by atoms with van der Waals surface area (Å²) in [5.41, 5.74) is 14.0. The highest BCUT2D eigenvalue weighted by Gasteiger charge is 2.17. The van der Waals surface area contributed by atoms with Crippen molar-refractivity contribution in [2.24, 2.45) is 0 Å². The number of hydrogen-bond acceptors (Lipinski definition) is 7. The van der Waals surface area contributed by atoms with Crippen LogP contribution in [0.4, 0.5) is 11.4 Å². The van der Waals surface area contributed by atoms with Crippen LogP contribution in [0.1, 0.15) is 10.4 Å². The number of aromatic nitrogens is 2. The zero-order valence-electron chi connectivity index (χ0n) is 12.5. The van der Waals surface area contributed by atoms with Gasteiger partial charge in [0.2, 0.25) is 0 Å². The van der Waals surface area contributed by atoms with Crippen molar-refractivity contribution in [3.63, 3.8) is 0 Å². The summed E-state index contributed by atoms with van der Waals surface area (Å²) in [5.74, 6) is -0.478. The molecule has 3 aromatic rings. The van der Waals surface area contributed by atoms with Crippen molar-refractivity contribution in [2.75, 3.05) is 25.7 Å². The zero-order valence-corrected chi connectivity index (χ0v) is 12.5. The molecule has 3 rings (SSSR count). The number of hydrogen-bond donors (Lipinski definition) is 3. The van der Waals surface area contributed by atoms with Gasteiger partial charge in [-0.2, -0.15) is 0 Å². The van der Waals surface area contributed by atoms with Crippen LogP contribution in [0.2, 0.25) is 0 Å². The van der Waals surface area contributed by atoms with E-state index in [9.17, 15) is 9.90 Å². The largest absolute Gasteiger partial charge is 0.494 e. The highest BCUT2D eigenvalue weighted by atomic mass is 16.5. The number of fused-ring (bicyclic) bond motifs is 2. The summed E-state index contributed by atoms with van der Waals surface area (Å²) in [7, 11) is 2.88. The fourth-order valence-corrected chi connectivity index (χ4v) is 2.38. The molecule has 0 radical (unpaired) electrons. The Balaban J connectivity index is 2.47. The van der Waals surface area contributed by atoms with E-state index in [1.54, 1.807) is 6.07 Å². The first-order valence-electron chi connectivity index (χ1n) is 6.61. The maximum atomic E-state index is 11.2. The van der Waals surface area contributed by atoms with Gasteiger partial charge in [0, 0.05) is 0 Å². The molecule has 0 amide bonds. The van der Waals surface area contributed by atoms with Gasteiger partial charge >= 0.3 is 5.97 Å². The third kappa shape index (κ3) is 2.20. The monoisotopic (exact) mass is 314 g/mol. The number of nitrogens with two attached hydrogens (primary N) is 2. The molecule has 0 bridgehead atoms. The van der Waals surface area contributed by atoms with Crippen LogP contribution in [-0.2, 0) is 0 Å². The summed E-state index contributed by atoms with van der Waals surface area (Å²) in [5, 5.41) is 9.19. The van der Waals surface area contributed by atoms with E-state index < -0.39 is 5.97 Å². The van der Waals surface area contributed by atoms with Crippen LogP contribution >= 0.6 is 0 Å². The highest BCUT2D eigenvalue weighted by molar-refractivity contribution is 6.00. The lowest BCUT2D eigenvalue weighted by molar-refractivity contribution is 0.0696. The summed E-state index contributed by atoms with van der Waals surface area (Å²) < 4.78 is 10.5. The molecule has 8 heteroatoms. The van der Waals surface area contributed by atoms with Crippen molar-refractivity contribution in [1.29, 1.82) is 0 Å². The first kappa shape index (κ1) is 14.6. The first-order chi connectivity index (χ1) is 11.0. The molecular formula is C15H14N4O4. The Morgan fingerprint density at radius 1 is 1.04 bits per heavy atom. The zero-order chi connectivity index (χ0) is 16.7. The van der Waals surface area contributed by atoms with Crippen LogP contribution in [0.5, 0.6) is 11.5 Å². The number of anilines is 2. The summed E-state index contributed by atoms with van der Waals surface area (Å²) >= 11 is 0. The van der Waals surface area contributed by atoms with Gasteiger partial charge in [0.1, 0.15) is 16.8 Å². The number of nitrogens with zero attached hydrogens (tertiary/aromatic N) is 2. The molecule has 118 valence electrons. The van der Waals surface area contributed by atoms with Crippen molar-refractivity contribution in [2.45, 2.75) is 0 Å². The molecule has 0 atom stereocenters. The minimum Gasteiger partial charge on any atom is -0.494 e. The van der Waals surface area contributed by atoms with Crippen LogP contribution in [0.15, 0.2) is 18.2 Å². The SMILES string of the molecule is COc1cc(C(=O)O)cc2nc3c(OC)c(N)c(N)cc3nc12. The van der Waals surface area contributed by atoms with E-state index >= 15 is 0 Å². The normalized spacial score (nSPS) is 10.9. The second-order valence-corrected chi connectivity index (χ2v) is 4.86. The molecule has 0 spiro atoms. The van der Waals surface area contributed by atoms with Crippen molar-refractivity contribution in [3.8, 4) is 11.5 Å². The molecule has 1 heterocycles. The minimum atomic E-state index is -1.09. The second kappa shape index (κ2) is 5.16. The number of nitrogen functional groups attached to an aromatic ring is 2. The number of benzene rings is 2. The number of rotatable bonds is 3. The van der Waals surface area contributed by atoms with E-state index in [0.717, 1.165) is 0 Å². The minimum absolute atomic E-state index is 0.0467. The second-order valence-electron chi connectivity index (χ2n) is 4.86. The number of methoxy groups -OCH3 is 2. The van der Waals surface area contributed by atoms with Gasteiger partial charge in [0.25, 0.3) is 0 Å². The van der Waals surface area contributed by atoms with Crippen LogP contribution < -0.4 is 20.9 Å². The molecule has 1 aromatic heterocycles. The van der Waals surface area contributed by atoms with Crippen LogP contribution in [0.3, 0.4) is 0 Å². The summed E-state index contributed by atoms with van der Waals surface area (Å²) in [6, 6.07) is 4.39. The Labute approximate surface area is 130 Å². The van der Waals surface area contributed by atoms with E-state index in [4.69, 9.17) is 20.9 Å². The van der Waals surface area contributed by atoms with Crippen LogP contribution in [-0.4, -0.2) is 35.3 Å². The molecule has 0 aliphatic rings. The van der Waals surface area contributed by atoms with Gasteiger partial charge in [-0.05, 0) is 18.2 Å². The van der Waals surface area contributed by atoms with Gasteiger partial charge in [-0.15, -0.1) is 0 Å². The Morgan fingerprint density at radius 2 is 1.70 bits per heavy atom. The molecule has 0 aliphatic heterocycles. The highest BCUT2D eigenvalue weighted by Crippen LogP contribution is 2.36. The Morgan fingerprint density at radius 3 is 2.30 bits per heavy atom. The Bertz CT molecular complexity index is 955. The number of carbonyl (C=O) groups is 1. The molecule has 0 aliphatic carbocycles. The lowest BCUT2D eigenvalue weighted by atomic mass is 10.1. The van der Waals surface area contributed by atoms with E-state index in [2.05, 4.69) is 9.97 Å². The van der Waals surface area contributed by atoms with Gasteiger partial charge in [0.15, 0.2) is 5.75 Å². The van der Waals surface area contributed by atoms with E-state index in [1.165, 1.54) is 26.4 Å². The van der Waals surface area contributed by atoms with Gasteiger partial charge in [-0.25, -0.2) is 14.8 Å². The molecule has 0 fully saturated rings. The van der Waals surface area contributed by atoms with Gasteiger partial charge in [0.05, 0.1) is 42.2 Å². The van der Waals surface area contributed by atoms with E-state index in [0.29, 0.717) is 39.3 Å². The number of ether oxygens (including phenoxy) is 2. The van der Waals surface area contributed by atoms with Crippen LogP contribution in [0, 0.1) is 0 Å². The van der Waals surface area contributed by atoms with Crippen molar-refractivity contribution in [3.05, 3.63) is 23.8 Å². The summed E-state index contributed by atoms with van der Waals surface area (Å²) in [6.45, 7) is 0. The molecule has 8 nitrogen and oxygen atoms in total. The molecule has 0 saturated heterocycles. The average Bonchev–Trinajstić information content (AvgIpc) is 2.53. The third-order valence-corrected chi connectivity index (χ3v) is 3.50. The maximum Gasteiger partial charge on any atom is 0.335 e. The Hall–Kier alpha value is -3.29. The quantitative estimate of drug-likeness (QED) is 0.491. The van der Waals surface area contributed by atoms with Gasteiger partial charge in [-0.1, -0.05) is 0 Å². The fourth-order valence-electron chi connectivity index (χ4n) is 2.38.